The van der Waals surface area contributed by atoms with Gasteiger partial charge in [-0.2, -0.15) is 0 Å². The van der Waals surface area contributed by atoms with Gasteiger partial charge in [0.15, 0.2) is 0 Å². The van der Waals surface area contributed by atoms with Gasteiger partial charge in [-0.3, -0.25) is 4.68 Å². The monoisotopic (exact) mass is 272 g/mol. The van der Waals surface area contributed by atoms with E-state index in [9.17, 15) is 4.79 Å². The summed E-state index contributed by atoms with van der Waals surface area (Å²) in [6, 6.07) is 10.1. The number of piperidine rings is 1. The highest BCUT2D eigenvalue weighted by molar-refractivity contribution is 5.86. The maximum atomic E-state index is 12.1. The van der Waals surface area contributed by atoms with Crippen LogP contribution in [0, 0.1) is 0 Å². The second kappa shape index (κ2) is 5.54. The van der Waals surface area contributed by atoms with E-state index in [0.717, 1.165) is 36.8 Å². The number of fused-ring (bicyclic) bond motifs is 1. The molecule has 2 aromatic rings. The van der Waals surface area contributed by atoms with Crippen molar-refractivity contribution >= 4 is 16.9 Å². The molecule has 1 saturated heterocycles. The molecule has 0 spiro atoms. The number of likely N-dealkylation sites (N-methyl/N-ethyl adjacent to an activating group) is 1. The number of hydrogen-bond donors (Lipinski definition) is 2. The molecule has 2 N–H and O–H groups in total. The summed E-state index contributed by atoms with van der Waals surface area (Å²) in [7, 11) is 2.09. The van der Waals surface area contributed by atoms with Crippen molar-refractivity contribution in [3.8, 4) is 0 Å². The molecule has 1 aromatic carbocycles. The molecule has 1 aromatic heterocycles. The number of hydrogen-bond acceptors (Lipinski definition) is 2. The molecule has 0 radical (unpaired) electrons. The van der Waals surface area contributed by atoms with Crippen LogP contribution in [0.2, 0.25) is 0 Å². The Labute approximate surface area is 118 Å². The normalized spacial score (nSPS) is 19.9. The zero-order chi connectivity index (χ0) is 13.9. The van der Waals surface area contributed by atoms with E-state index in [0.29, 0.717) is 0 Å². The quantitative estimate of drug-likeness (QED) is 0.878. The van der Waals surface area contributed by atoms with Crippen molar-refractivity contribution in [2.45, 2.75) is 18.9 Å². The summed E-state index contributed by atoms with van der Waals surface area (Å²) in [5.41, 5.74) is 3.88. The molecule has 1 aliphatic rings. The van der Waals surface area contributed by atoms with Gasteiger partial charge in [0.25, 0.3) is 0 Å². The van der Waals surface area contributed by atoms with E-state index in [1.54, 1.807) is 4.68 Å². The molecule has 0 saturated carbocycles. The maximum absolute atomic E-state index is 12.1. The van der Waals surface area contributed by atoms with Crippen LogP contribution in [0.5, 0.6) is 0 Å². The second-order valence-electron chi connectivity index (χ2n) is 5.43. The van der Waals surface area contributed by atoms with Crippen LogP contribution >= 0.6 is 0 Å². The summed E-state index contributed by atoms with van der Waals surface area (Å²) >= 11 is 0. The highest BCUT2D eigenvalue weighted by Crippen LogP contribution is 2.13. The van der Waals surface area contributed by atoms with Gasteiger partial charge >= 0.3 is 6.03 Å². The summed E-state index contributed by atoms with van der Waals surface area (Å²) < 4.78 is 1.76. The lowest BCUT2D eigenvalue weighted by atomic mass is 10.1. The molecule has 20 heavy (non-hydrogen) atoms. The van der Waals surface area contributed by atoms with Gasteiger partial charge < -0.3 is 10.2 Å². The van der Waals surface area contributed by atoms with E-state index < -0.39 is 0 Å². The molecule has 1 fully saturated rings. The third kappa shape index (κ3) is 2.77. The van der Waals surface area contributed by atoms with Crippen molar-refractivity contribution in [3.05, 3.63) is 36.5 Å². The Morgan fingerprint density at radius 1 is 1.30 bits per heavy atom. The van der Waals surface area contributed by atoms with Crippen LogP contribution in [0.15, 0.2) is 36.5 Å². The average molecular weight is 272 g/mol. The van der Waals surface area contributed by atoms with Crippen molar-refractivity contribution in [2.24, 2.45) is 0 Å². The molecule has 5 heteroatoms. The minimum atomic E-state index is -0.147. The van der Waals surface area contributed by atoms with Crippen molar-refractivity contribution < 1.29 is 4.79 Å². The molecule has 1 aliphatic heterocycles. The standard InChI is InChI=1S/C15H20N4O/c1-18-9-4-6-13(11-18)16-15(20)17-19-10-8-12-5-2-3-7-14(12)19/h2-3,5,7-8,10,13H,4,6,9,11H2,1H3,(H2,16,17,20). The Kier molecular flexibility index (Phi) is 3.60. The average Bonchev–Trinajstić information content (AvgIpc) is 2.82. The fourth-order valence-electron chi connectivity index (χ4n) is 2.79. The van der Waals surface area contributed by atoms with Crippen LogP contribution in [0.25, 0.3) is 10.9 Å². The number of rotatable bonds is 2. The molecule has 2 heterocycles. The minimum Gasteiger partial charge on any atom is -0.333 e. The highest BCUT2D eigenvalue weighted by Gasteiger charge is 2.18. The summed E-state index contributed by atoms with van der Waals surface area (Å²) in [5.74, 6) is 0. The smallest absolute Gasteiger partial charge is 0.333 e. The van der Waals surface area contributed by atoms with E-state index in [1.807, 2.05) is 36.5 Å². The fourth-order valence-corrected chi connectivity index (χ4v) is 2.79. The van der Waals surface area contributed by atoms with Gasteiger partial charge in [0.05, 0.1) is 5.52 Å². The topological polar surface area (TPSA) is 49.3 Å². The zero-order valence-corrected chi connectivity index (χ0v) is 11.7. The summed E-state index contributed by atoms with van der Waals surface area (Å²) in [4.78, 5) is 14.3. The fraction of sp³-hybridized carbons (Fsp3) is 0.400. The van der Waals surface area contributed by atoms with Gasteiger partial charge in [-0.05, 0) is 38.6 Å². The Balaban J connectivity index is 1.64. The Morgan fingerprint density at radius 2 is 2.15 bits per heavy atom. The van der Waals surface area contributed by atoms with Gasteiger partial charge in [-0.15, -0.1) is 0 Å². The van der Waals surface area contributed by atoms with Crippen molar-refractivity contribution in [1.82, 2.24) is 14.9 Å². The minimum absolute atomic E-state index is 0.147. The summed E-state index contributed by atoms with van der Waals surface area (Å²) in [6.07, 6.45) is 4.05. The molecule has 0 bridgehead atoms. The van der Waals surface area contributed by atoms with Crippen molar-refractivity contribution in [2.75, 3.05) is 25.6 Å². The first-order chi connectivity index (χ1) is 9.72. The third-order valence-electron chi connectivity index (χ3n) is 3.78. The largest absolute Gasteiger partial charge is 0.334 e. The first-order valence-corrected chi connectivity index (χ1v) is 7.04. The van der Waals surface area contributed by atoms with Gasteiger partial charge in [0.1, 0.15) is 0 Å². The number of para-hydroxylation sites is 1. The molecule has 3 rings (SSSR count). The van der Waals surface area contributed by atoms with Crippen LogP contribution in [-0.4, -0.2) is 41.8 Å². The molecule has 2 amide bonds. The summed E-state index contributed by atoms with van der Waals surface area (Å²) in [6.45, 7) is 2.03. The molecule has 106 valence electrons. The zero-order valence-electron chi connectivity index (χ0n) is 11.7. The van der Waals surface area contributed by atoms with E-state index >= 15 is 0 Å². The molecular weight excluding hydrogens is 252 g/mol. The van der Waals surface area contributed by atoms with Crippen molar-refractivity contribution in [1.29, 1.82) is 0 Å². The predicted molar refractivity (Wildman–Crippen MR) is 80.3 cm³/mol. The van der Waals surface area contributed by atoms with Crippen LogP contribution in [-0.2, 0) is 0 Å². The lowest BCUT2D eigenvalue weighted by molar-refractivity contribution is 0.215. The Bertz CT molecular complexity index is 607. The van der Waals surface area contributed by atoms with Crippen molar-refractivity contribution in [3.63, 3.8) is 0 Å². The lowest BCUT2D eigenvalue weighted by Gasteiger charge is -2.30. The number of nitrogens with zero attached hydrogens (tertiary/aromatic N) is 2. The van der Waals surface area contributed by atoms with Crippen LogP contribution in [0.4, 0.5) is 4.79 Å². The molecule has 1 unspecified atom stereocenters. The lowest BCUT2D eigenvalue weighted by Crippen LogP contribution is -2.48. The van der Waals surface area contributed by atoms with Gasteiger partial charge in [-0.1, -0.05) is 18.2 Å². The molecule has 5 nitrogen and oxygen atoms in total. The number of likely N-dealkylation sites (tertiary alicyclic amines) is 1. The van der Waals surface area contributed by atoms with Gasteiger partial charge in [0.2, 0.25) is 0 Å². The van der Waals surface area contributed by atoms with E-state index in [4.69, 9.17) is 0 Å². The van der Waals surface area contributed by atoms with E-state index in [1.165, 1.54) is 0 Å². The van der Waals surface area contributed by atoms with Gasteiger partial charge in [-0.25, -0.2) is 10.2 Å². The number of carbonyl (C=O) groups excluding carboxylic acids is 1. The molecule has 1 atom stereocenters. The number of benzene rings is 1. The molecule has 0 aliphatic carbocycles. The third-order valence-corrected chi connectivity index (χ3v) is 3.78. The Morgan fingerprint density at radius 3 is 3.00 bits per heavy atom. The number of carbonyl (C=O) groups is 1. The first-order valence-electron chi connectivity index (χ1n) is 7.04. The SMILES string of the molecule is CN1CCCC(NC(=O)Nn2ccc3ccccc32)C1. The van der Waals surface area contributed by atoms with Crippen LogP contribution < -0.4 is 10.7 Å². The number of amides is 2. The first kappa shape index (κ1) is 13.0. The highest BCUT2D eigenvalue weighted by atomic mass is 16.2. The van der Waals surface area contributed by atoms with Crippen LogP contribution in [0.3, 0.4) is 0 Å². The number of nitrogens with one attached hydrogen (secondary N) is 2. The second-order valence-corrected chi connectivity index (χ2v) is 5.43. The molecular formula is C15H20N4O. The Hall–Kier alpha value is -2.01. The van der Waals surface area contributed by atoms with Crippen LogP contribution in [0.1, 0.15) is 12.8 Å². The van der Waals surface area contributed by atoms with Gasteiger partial charge in [0, 0.05) is 24.2 Å². The van der Waals surface area contributed by atoms with E-state index in [-0.39, 0.29) is 12.1 Å². The van der Waals surface area contributed by atoms with E-state index in [2.05, 4.69) is 22.7 Å². The maximum Gasteiger partial charge on any atom is 0.334 e. The number of aromatic nitrogens is 1. The predicted octanol–water partition coefficient (Wildman–Crippen LogP) is 1.99. The summed E-state index contributed by atoms with van der Waals surface area (Å²) in [5, 5.41) is 4.16. The number of urea groups is 1.